The Balaban J connectivity index is 1.97. The first-order chi connectivity index (χ1) is 9.94. The van der Waals surface area contributed by atoms with Gasteiger partial charge in [-0.15, -0.1) is 11.8 Å². The van der Waals surface area contributed by atoms with Gasteiger partial charge in [0.05, 0.1) is 5.75 Å². The molecule has 1 amide bonds. The third-order valence-corrected chi connectivity index (χ3v) is 4.01. The number of rotatable bonds is 4. The van der Waals surface area contributed by atoms with Crippen molar-refractivity contribution in [2.75, 3.05) is 11.1 Å². The zero-order valence-corrected chi connectivity index (χ0v) is 12.6. The molecule has 2 aromatic carbocycles. The van der Waals surface area contributed by atoms with E-state index in [4.69, 9.17) is 0 Å². The van der Waals surface area contributed by atoms with Gasteiger partial charge in [0.15, 0.2) is 0 Å². The summed E-state index contributed by atoms with van der Waals surface area (Å²) >= 11 is 1.40. The number of halogens is 2. The molecule has 0 radical (unpaired) electrons. The molecule has 0 fully saturated rings. The largest absolute Gasteiger partial charge is 0.325 e. The number of amides is 1. The van der Waals surface area contributed by atoms with Gasteiger partial charge in [-0.1, -0.05) is 17.7 Å². The van der Waals surface area contributed by atoms with Crippen LogP contribution < -0.4 is 5.32 Å². The summed E-state index contributed by atoms with van der Waals surface area (Å²) < 4.78 is 26.1. The minimum atomic E-state index is -0.715. The summed E-state index contributed by atoms with van der Waals surface area (Å²) in [5.74, 6) is -1.55. The van der Waals surface area contributed by atoms with E-state index in [2.05, 4.69) is 5.32 Å². The number of nitrogens with one attached hydrogen (secondary N) is 1. The minimum absolute atomic E-state index is 0.124. The van der Waals surface area contributed by atoms with Crippen LogP contribution >= 0.6 is 11.8 Å². The molecule has 0 aliphatic heterocycles. The maximum Gasteiger partial charge on any atom is 0.234 e. The van der Waals surface area contributed by atoms with Crippen molar-refractivity contribution in [3.05, 3.63) is 59.2 Å². The van der Waals surface area contributed by atoms with Gasteiger partial charge >= 0.3 is 0 Å². The van der Waals surface area contributed by atoms with Gasteiger partial charge in [-0.3, -0.25) is 4.79 Å². The lowest BCUT2D eigenvalue weighted by molar-refractivity contribution is -0.113. The fourth-order valence-electron chi connectivity index (χ4n) is 1.83. The predicted molar refractivity (Wildman–Crippen MR) is 81.6 cm³/mol. The smallest absolute Gasteiger partial charge is 0.234 e. The number of hydrogen-bond donors (Lipinski definition) is 1. The maximum absolute atomic E-state index is 13.0. The standard InChI is InChI=1S/C16H15F2NOS/c1-10-3-4-11(2)15(5-10)21-9-16(20)19-14-7-12(17)6-13(18)8-14/h3-8H,9H2,1-2H3,(H,19,20). The van der Waals surface area contributed by atoms with Crippen LogP contribution in [0.15, 0.2) is 41.3 Å². The van der Waals surface area contributed by atoms with Crippen molar-refractivity contribution >= 4 is 23.4 Å². The molecule has 0 aliphatic carbocycles. The Morgan fingerprint density at radius 2 is 1.76 bits per heavy atom. The van der Waals surface area contributed by atoms with Crippen molar-refractivity contribution < 1.29 is 13.6 Å². The topological polar surface area (TPSA) is 29.1 Å². The van der Waals surface area contributed by atoms with Gasteiger partial charge in [-0.05, 0) is 37.6 Å². The Morgan fingerprint density at radius 1 is 1.10 bits per heavy atom. The molecule has 0 unspecified atom stereocenters. The lowest BCUT2D eigenvalue weighted by Crippen LogP contribution is -2.14. The number of thioether (sulfide) groups is 1. The Bertz CT molecular complexity index is 653. The quantitative estimate of drug-likeness (QED) is 0.853. The highest BCUT2D eigenvalue weighted by Crippen LogP contribution is 2.23. The molecule has 21 heavy (non-hydrogen) atoms. The van der Waals surface area contributed by atoms with E-state index in [1.54, 1.807) is 0 Å². The fraction of sp³-hybridized carbons (Fsp3) is 0.188. The van der Waals surface area contributed by atoms with Crippen molar-refractivity contribution in [2.45, 2.75) is 18.7 Å². The van der Waals surface area contributed by atoms with Gasteiger partial charge in [-0.2, -0.15) is 0 Å². The van der Waals surface area contributed by atoms with Crippen molar-refractivity contribution in [3.63, 3.8) is 0 Å². The number of hydrogen-bond acceptors (Lipinski definition) is 2. The van der Waals surface area contributed by atoms with Crippen molar-refractivity contribution in [1.29, 1.82) is 0 Å². The van der Waals surface area contributed by atoms with Gasteiger partial charge in [0, 0.05) is 16.6 Å². The van der Waals surface area contributed by atoms with Crippen molar-refractivity contribution in [2.24, 2.45) is 0 Å². The first-order valence-electron chi connectivity index (χ1n) is 6.40. The second-order valence-electron chi connectivity index (χ2n) is 4.76. The summed E-state index contributed by atoms with van der Waals surface area (Å²) in [6.07, 6.45) is 0. The first-order valence-corrected chi connectivity index (χ1v) is 7.38. The fourth-order valence-corrected chi connectivity index (χ4v) is 2.75. The molecule has 0 aromatic heterocycles. The summed E-state index contributed by atoms with van der Waals surface area (Å²) in [7, 11) is 0. The van der Waals surface area contributed by atoms with Crippen LogP contribution in [0.25, 0.3) is 0 Å². The summed E-state index contributed by atoms with van der Waals surface area (Å²) in [5.41, 5.74) is 2.34. The zero-order chi connectivity index (χ0) is 15.4. The monoisotopic (exact) mass is 307 g/mol. The normalized spacial score (nSPS) is 10.5. The lowest BCUT2D eigenvalue weighted by atomic mass is 10.2. The van der Waals surface area contributed by atoms with Gasteiger partial charge in [-0.25, -0.2) is 8.78 Å². The highest BCUT2D eigenvalue weighted by Gasteiger charge is 2.07. The lowest BCUT2D eigenvalue weighted by Gasteiger charge is -2.08. The number of aryl methyl sites for hydroxylation is 2. The highest BCUT2D eigenvalue weighted by atomic mass is 32.2. The molecular weight excluding hydrogens is 292 g/mol. The number of anilines is 1. The van der Waals surface area contributed by atoms with Gasteiger partial charge in [0.2, 0.25) is 5.91 Å². The molecule has 1 N–H and O–H groups in total. The van der Waals surface area contributed by atoms with Crippen molar-refractivity contribution in [3.8, 4) is 0 Å². The summed E-state index contributed by atoms with van der Waals surface area (Å²) in [6, 6.07) is 8.95. The highest BCUT2D eigenvalue weighted by molar-refractivity contribution is 8.00. The van der Waals surface area contributed by atoms with Gasteiger partial charge < -0.3 is 5.32 Å². The van der Waals surface area contributed by atoms with Gasteiger partial charge in [0.25, 0.3) is 0 Å². The molecule has 2 rings (SSSR count). The van der Waals surface area contributed by atoms with Gasteiger partial charge in [0.1, 0.15) is 11.6 Å². The Morgan fingerprint density at radius 3 is 2.43 bits per heavy atom. The predicted octanol–water partition coefficient (Wildman–Crippen LogP) is 4.31. The average Bonchev–Trinajstić information content (AvgIpc) is 2.38. The van der Waals surface area contributed by atoms with E-state index in [0.717, 1.165) is 34.2 Å². The molecule has 2 nitrogen and oxygen atoms in total. The molecule has 0 aliphatic rings. The molecule has 2 aromatic rings. The van der Waals surface area contributed by atoms with Crippen LogP contribution in [0, 0.1) is 25.5 Å². The molecule has 0 saturated carbocycles. The molecule has 0 heterocycles. The van der Waals surface area contributed by atoms with Crippen LogP contribution in [0.5, 0.6) is 0 Å². The second kappa shape index (κ2) is 6.72. The molecule has 0 atom stereocenters. The Hall–Kier alpha value is -1.88. The van der Waals surface area contributed by atoms with E-state index in [9.17, 15) is 13.6 Å². The van der Waals surface area contributed by atoms with E-state index < -0.39 is 11.6 Å². The zero-order valence-electron chi connectivity index (χ0n) is 11.7. The van der Waals surface area contributed by atoms with E-state index >= 15 is 0 Å². The summed E-state index contributed by atoms with van der Waals surface area (Å²) in [5, 5.41) is 2.49. The van der Waals surface area contributed by atoms with Crippen LogP contribution in [0.3, 0.4) is 0 Å². The minimum Gasteiger partial charge on any atom is -0.325 e. The molecular formula is C16H15F2NOS. The van der Waals surface area contributed by atoms with Crippen LogP contribution in [-0.4, -0.2) is 11.7 Å². The first kappa shape index (κ1) is 15.5. The van der Waals surface area contributed by atoms with E-state index in [1.807, 2.05) is 32.0 Å². The third-order valence-electron chi connectivity index (χ3n) is 2.85. The number of benzene rings is 2. The van der Waals surface area contributed by atoms with E-state index in [1.165, 1.54) is 11.8 Å². The van der Waals surface area contributed by atoms with Crippen LogP contribution in [-0.2, 0) is 4.79 Å². The second-order valence-corrected chi connectivity index (χ2v) is 5.78. The van der Waals surface area contributed by atoms with Crippen LogP contribution in [0.2, 0.25) is 0 Å². The molecule has 110 valence electrons. The molecule has 0 saturated heterocycles. The van der Waals surface area contributed by atoms with E-state index in [-0.39, 0.29) is 17.3 Å². The Labute approximate surface area is 126 Å². The van der Waals surface area contributed by atoms with E-state index in [0.29, 0.717) is 0 Å². The number of carbonyl (C=O) groups excluding carboxylic acids is 1. The summed E-state index contributed by atoms with van der Waals surface area (Å²) in [6.45, 7) is 3.96. The maximum atomic E-state index is 13.0. The SMILES string of the molecule is Cc1ccc(C)c(SCC(=O)Nc2cc(F)cc(F)c2)c1. The van der Waals surface area contributed by atoms with Crippen molar-refractivity contribution in [1.82, 2.24) is 0 Å². The van der Waals surface area contributed by atoms with Crippen LogP contribution in [0.1, 0.15) is 11.1 Å². The summed E-state index contributed by atoms with van der Waals surface area (Å²) in [4.78, 5) is 12.9. The molecule has 5 heteroatoms. The third kappa shape index (κ3) is 4.56. The molecule has 0 bridgehead atoms. The Kier molecular flexibility index (Phi) is 4.96. The van der Waals surface area contributed by atoms with Crippen LogP contribution in [0.4, 0.5) is 14.5 Å². The molecule has 0 spiro atoms. The number of carbonyl (C=O) groups is 1. The average molecular weight is 307 g/mol.